The number of methoxy groups -OCH3 is 1. The van der Waals surface area contributed by atoms with Crippen molar-refractivity contribution in [3.05, 3.63) is 65.2 Å². The smallest absolute Gasteiger partial charge is 0.406 e. The van der Waals surface area contributed by atoms with Gasteiger partial charge in [-0.2, -0.15) is 26.3 Å². The summed E-state index contributed by atoms with van der Waals surface area (Å²) in [7, 11) is 1.33. The van der Waals surface area contributed by atoms with E-state index in [1.54, 1.807) is 0 Å². The molecule has 3 rings (SSSR count). The van der Waals surface area contributed by atoms with Crippen molar-refractivity contribution in [1.82, 2.24) is 10.6 Å². The van der Waals surface area contributed by atoms with Crippen molar-refractivity contribution in [1.29, 1.82) is 0 Å². The van der Waals surface area contributed by atoms with Crippen LogP contribution in [0.15, 0.2) is 48.5 Å². The van der Waals surface area contributed by atoms with Crippen LogP contribution in [-0.2, 0) is 12.0 Å². The van der Waals surface area contributed by atoms with Crippen molar-refractivity contribution in [3.8, 4) is 5.75 Å². The van der Waals surface area contributed by atoms with Gasteiger partial charge in [0.05, 0.1) is 7.11 Å². The summed E-state index contributed by atoms with van der Waals surface area (Å²) < 4.78 is 86.5. The SMILES string of the molecule is COc1ccc(C(C)(C(F)(F)F)C(F)(F)F)cc1CN[C@H]1CCCN[C@H]1c1ccccc1.Cl.Cl. The highest BCUT2D eigenvalue weighted by Crippen LogP contribution is 2.52. The third-order valence-electron chi connectivity index (χ3n) is 6.16. The van der Waals surface area contributed by atoms with Crippen LogP contribution >= 0.6 is 24.8 Å². The first-order chi connectivity index (χ1) is 15.0. The van der Waals surface area contributed by atoms with Crippen LogP contribution in [0.2, 0.25) is 0 Å². The molecule has 192 valence electrons. The molecule has 2 atom stereocenters. The second-order valence-electron chi connectivity index (χ2n) is 8.12. The van der Waals surface area contributed by atoms with Gasteiger partial charge in [0.25, 0.3) is 0 Å². The Morgan fingerprint density at radius 2 is 1.59 bits per heavy atom. The van der Waals surface area contributed by atoms with Gasteiger partial charge in [-0.25, -0.2) is 0 Å². The first-order valence-corrected chi connectivity index (χ1v) is 10.3. The van der Waals surface area contributed by atoms with Crippen LogP contribution in [-0.4, -0.2) is 32.0 Å². The van der Waals surface area contributed by atoms with Gasteiger partial charge >= 0.3 is 12.4 Å². The van der Waals surface area contributed by atoms with Crippen molar-refractivity contribution < 1.29 is 31.1 Å². The Morgan fingerprint density at radius 1 is 0.971 bits per heavy atom. The fourth-order valence-corrected chi connectivity index (χ4v) is 4.08. The van der Waals surface area contributed by atoms with E-state index in [1.165, 1.54) is 7.11 Å². The standard InChI is InChI=1S/C23H26F6N2O.2ClH/c1-21(22(24,25)26,23(27,28)29)17-10-11-19(32-2)16(13-17)14-31-18-9-6-12-30-20(18)15-7-4-3-5-8-15;;/h3-5,7-8,10-11,13,18,20,30-31H,6,9,12,14H2,1-2H3;2*1H/t18-,20-;;/m0../s1. The summed E-state index contributed by atoms with van der Waals surface area (Å²) in [5, 5.41) is 6.75. The predicted octanol–water partition coefficient (Wildman–Crippen LogP) is 6.50. The number of ether oxygens (including phenoxy) is 1. The summed E-state index contributed by atoms with van der Waals surface area (Å²) in [6, 6.07) is 12.6. The summed E-state index contributed by atoms with van der Waals surface area (Å²) in [5.41, 5.74) is -3.55. The summed E-state index contributed by atoms with van der Waals surface area (Å²) in [6.07, 6.45) is -9.29. The van der Waals surface area contributed by atoms with Crippen LogP contribution in [0, 0.1) is 0 Å². The van der Waals surface area contributed by atoms with E-state index in [-0.39, 0.29) is 61.7 Å². The lowest BCUT2D eigenvalue weighted by Crippen LogP contribution is -2.51. The molecule has 0 aromatic heterocycles. The zero-order valence-corrected chi connectivity index (χ0v) is 20.2. The van der Waals surface area contributed by atoms with E-state index in [0.717, 1.165) is 43.1 Å². The van der Waals surface area contributed by atoms with Gasteiger partial charge < -0.3 is 15.4 Å². The minimum atomic E-state index is -5.50. The van der Waals surface area contributed by atoms with Crippen LogP contribution < -0.4 is 15.4 Å². The second kappa shape index (κ2) is 11.8. The van der Waals surface area contributed by atoms with Crippen LogP contribution in [0.4, 0.5) is 26.3 Å². The van der Waals surface area contributed by atoms with Crippen molar-refractivity contribution in [2.45, 2.75) is 56.2 Å². The lowest BCUT2D eigenvalue weighted by molar-refractivity contribution is -0.297. The normalized spacial score (nSPS) is 19.1. The van der Waals surface area contributed by atoms with E-state index in [9.17, 15) is 26.3 Å². The first kappa shape index (κ1) is 30.4. The van der Waals surface area contributed by atoms with Crippen LogP contribution in [0.1, 0.15) is 42.5 Å². The number of rotatable bonds is 6. The molecule has 0 amide bonds. The number of halogens is 8. The maximum absolute atomic E-state index is 13.5. The van der Waals surface area contributed by atoms with Crippen LogP contribution in [0.25, 0.3) is 0 Å². The Labute approximate surface area is 207 Å². The average molecular weight is 533 g/mol. The quantitative estimate of drug-likeness (QED) is 0.416. The molecular formula is C23H28Cl2F6N2O. The van der Waals surface area contributed by atoms with Crippen molar-refractivity contribution in [3.63, 3.8) is 0 Å². The average Bonchev–Trinajstić information content (AvgIpc) is 2.76. The van der Waals surface area contributed by atoms with Gasteiger partial charge in [0.15, 0.2) is 5.41 Å². The molecule has 0 bridgehead atoms. The fraction of sp³-hybridized carbons (Fsp3) is 0.478. The van der Waals surface area contributed by atoms with Crippen molar-refractivity contribution in [2.24, 2.45) is 0 Å². The summed E-state index contributed by atoms with van der Waals surface area (Å²) in [5.74, 6) is 0.230. The van der Waals surface area contributed by atoms with E-state index in [2.05, 4.69) is 10.6 Å². The maximum atomic E-state index is 13.5. The minimum absolute atomic E-state index is 0. The molecule has 0 radical (unpaired) electrons. The molecule has 0 saturated carbocycles. The third kappa shape index (κ3) is 6.11. The summed E-state index contributed by atoms with van der Waals surface area (Å²) in [6.45, 7) is 1.06. The van der Waals surface area contributed by atoms with Gasteiger partial charge in [0.2, 0.25) is 0 Å². The van der Waals surface area contributed by atoms with Crippen LogP contribution in [0.5, 0.6) is 5.75 Å². The molecule has 0 aliphatic carbocycles. The highest BCUT2D eigenvalue weighted by Gasteiger charge is 2.68. The molecule has 0 unspecified atom stereocenters. The topological polar surface area (TPSA) is 33.3 Å². The number of benzene rings is 2. The molecule has 11 heteroatoms. The number of nitrogens with one attached hydrogen (secondary N) is 2. The fourth-order valence-electron chi connectivity index (χ4n) is 4.08. The summed E-state index contributed by atoms with van der Waals surface area (Å²) in [4.78, 5) is 0. The lowest BCUT2D eigenvalue weighted by Gasteiger charge is -2.35. The molecule has 2 N–H and O–H groups in total. The molecule has 1 saturated heterocycles. The lowest BCUT2D eigenvalue weighted by atomic mass is 9.80. The second-order valence-corrected chi connectivity index (χ2v) is 8.12. The molecule has 1 aliphatic rings. The van der Waals surface area contributed by atoms with E-state index >= 15 is 0 Å². The Balaban J connectivity index is 0.00000289. The van der Waals surface area contributed by atoms with Crippen molar-refractivity contribution in [2.75, 3.05) is 13.7 Å². The number of hydrogen-bond donors (Lipinski definition) is 2. The Bertz CT molecular complexity index is 895. The van der Waals surface area contributed by atoms with E-state index in [4.69, 9.17) is 4.74 Å². The Hall–Kier alpha value is -1.68. The van der Waals surface area contributed by atoms with Gasteiger partial charge in [-0.15, -0.1) is 24.8 Å². The Kier molecular flexibility index (Phi) is 10.6. The molecule has 1 heterocycles. The van der Waals surface area contributed by atoms with E-state index in [1.807, 2.05) is 30.3 Å². The van der Waals surface area contributed by atoms with Gasteiger partial charge in [0, 0.05) is 24.2 Å². The molecule has 1 aliphatic heterocycles. The zero-order valence-electron chi connectivity index (χ0n) is 18.6. The molecule has 1 fully saturated rings. The number of alkyl halides is 6. The molecular weight excluding hydrogens is 505 g/mol. The molecule has 0 spiro atoms. The number of piperidine rings is 1. The first-order valence-electron chi connectivity index (χ1n) is 10.3. The van der Waals surface area contributed by atoms with E-state index in [0.29, 0.717) is 0 Å². The predicted molar refractivity (Wildman–Crippen MR) is 124 cm³/mol. The number of hydrogen-bond acceptors (Lipinski definition) is 3. The van der Waals surface area contributed by atoms with Gasteiger partial charge in [-0.3, -0.25) is 0 Å². The molecule has 34 heavy (non-hydrogen) atoms. The van der Waals surface area contributed by atoms with Crippen molar-refractivity contribution >= 4 is 24.8 Å². The maximum Gasteiger partial charge on any atom is 0.406 e. The van der Waals surface area contributed by atoms with Gasteiger partial charge in [-0.1, -0.05) is 36.4 Å². The highest BCUT2D eigenvalue weighted by atomic mass is 35.5. The van der Waals surface area contributed by atoms with Crippen LogP contribution in [0.3, 0.4) is 0 Å². The van der Waals surface area contributed by atoms with Gasteiger partial charge in [-0.05, 0) is 49.6 Å². The van der Waals surface area contributed by atoms with E-state index < -0.39 is 23.3 Å². The molecule has 3 nitrogen and oxygen atoms in total. The largest absolute Gasteiger partial charge is 0.496 e. The monoisotopic (exact) mass is 532 g/mol. The molecule has 2 aromatic rings. The Morgan fingerprint density at radius 3 is 2.15 bits per heavy atom. The zero-order chi connectivity index (χ0) is 23.6. The third-order valence-corrected chi connectivity index (χ3v) is 6.16. The van der Waals surface area contributed by atoms with Gasteiger partial charge in [0.1, 0.15) is 5.75 Å². The summed E-state index contributed by atoms with van der Waals surface area (Å²) >= 11 is 0. The minimum Gasteiger partial charge on any atom is -0.496 e. The highest BCUT2D eigenvalue weighted by molar-refractivity contribution is 5.85. The molecule has 2 aromatic carbocycles.